The van der Waals surface area contributed by atoms with E-state index in [2.05, 4.69) is 159 Å². The van der Waals surface area contributed by atoms with Gasteiger partial charge in [0.05, 0.1) is 6.42 Å². The van der Waals surface area contributed by atoms with Crippen LogP contribution in [0.15, 0.2) is 171 Å². The summed E-state index contributed by atoms with van der Waals surface area (Å²) in [4.78, 5) is 113. The van der Waals surface area contributed by atoms with Crippen molar-refractivity contribution in [2.75, 3.05) is 66.1 Å². The fourth-order valence-corrected chi connectivity index (χ4v) is 10.1. The number of carbonyl (C=O) groups is 10. The fraction of sp³-hybridized carbons (Fsp3) is 0.626. The maximum atomic E-state index is 11.6. The van der Waals surface area contributed by atoms with Crippen molar-refractivity contribution in [2.45, 2.75) is 370 Å². The summed E-state index contributed by atoms with van der Waals surface area (Å²) < 4.78 is 49.0. The first kappa shape index (κ1) is 138. The Labute approximate surface area is 775 Å². The maximum absolute atomic E-state index is 11.6. The summed E-state index contributed by atoms with van der Waals surface area (Å²) in [5, 5.41) is 0. The van der Waals surface area contributed by atoms with Crippen LogP contribution < -0.4 is 0 Å². The van der Waals surface area contributed by atoms with Gasteiger partial charge in [0.1, 0.15) is 66.1 Å². The predicted octanol–water partition coefficient (Wildman–Crippen LogP) is 27.8. The third-order valence-electron chi connectivity index (χ3n) is 17.2. The first-order valence-corrected chi connectivity index (χ1v) is 45.0. The van der Waals surface area contributed by atoms with Gasteiger partial charge in [-0.05, 0) is 164 Å². The molecule has 0 aliphatic heterocycles. The molecular formula is C107H182O20. The molecular weight excluding hydrogens is 1610 g/mol. The zero-order valence-corrected chi connectivity index (χ0v) is 77.4. The molecule has 0 rings (SSSR count). The normalized spacial score (nSPS) is 10.5. The molecule has 0 amide bonds. The SMILES string of the molecule is C.C.C.C.C.C=C(/C=C/C(=O)OCCOC(=O)C(=C)C)CCCCC.C=C(C)C(=O)OCCOC(=O)CCCCCCC/C=C/C/C=C/CCCCC.C=C(C)C(=O)OCCOC(=O)CCCCCCC/C=C/CC/C=C\C=C/CC.C=C(C)C(=O)OCCOC(=O)CCCCCCC/C=C/CCCCCCCC.C=CC(C#CC)CC(=O)OCCOC(=O)C(=C)C. The van der Waals surface area contributed by atoms with Gasteiger partial charge in [-0.3, -0.25) is 19.2 Å². The van der Waals surface area contributed by atoms with E-state index >= 15 is 0 Å². The molecule has 1 unspecified atom stereocenters. The summed E-state index contributed by atoms with van der Waals surface area (Å²) in [6, 6.07) is 0. The highest BCUT2D eigenvalue weighted by atomic mass is 16.6. The largest absolute Gasteiger partial charge is 0.462 e. The third kappa shape index (κ3) is 115. The van der Waals surface area contributed by atoms with Crippen LogP contribution in [-0.2, 0) is 95.3 Å². The average molecular weight is 1790 g/mol. The Balaban J connectivity index is -0.000000168. The van der Waals surface area contributed by atoms with E-state index in [1.54, 1.807) is 53.7 Å². The van der Waals surface area contributed by atoms with E-state index in [1.165, 1.54) is 122 Å². The van der Waals surface area contributed by atoms with Crippen molar-refractivity contribution in [1.29, 1.82) is 0 Å². The van der Waals surface area contributed by atoms with Crippen LogP contribution in [0.3, 0.4) is 0 Å². The Morgan fingerprint density at radius 1 is 0.291 bits per heavy atom. The lowest BCUT2D eigenvalue weighted by atomic mass is 10.1. The Hall–Kier alpha value is -9.38. The van der Waals surface area contributed by atoms with Crippen LogP contribution in [0.25, 0.3) is 0 Å². The molecule has 0 heterocycles. The molecule has 20 heteroatoms. The van der Waals surface area contributed by atoms with E-state index in [9.17, 15) is 47.9 Å². The number of hydrogen-bond donors (Lipinski definition) is 0. The van der Waals surface area contributed by atoms with Crippen molar-refractivity contribution < 1.29 is 95.3 Å². The van der Waals surface area contributed by atoms with E-state index in [-0.39, 0.29) is 133 Å². The molecule has 0 spiro atoms. The summed E-state index contributed by atoms with van der Waals surface area (Å²) in [6.45, 7) is 43.8. The quantitative estimate of drug-likeness (QED) is 0.0104. The average Bonchev–Trinajstić information content (AvgIpc) is 1.00. The van der Waals surface area contributed by atoms with E-state index in [4.69, 9.17) is 47.4 Å². The molecule has 0 aliphatic carbocycles. The number of hydrogen-bond acceptors (Lipinski definition) is 20. The van der Waals surface area contributed by atoms with Crippen LogP contribution >= 0.6 is 0 Å². The fourth-order valence-electron chi connectivity index (χ4n) is 10.1. The molecule has 0 aromatic rings. The number of rotatable bonds is 71. The lowest BCUT2D eigenvalue weighted by Gasteiger charge is -2.07. The Bertz CT molecular complexity index is 3160. The van der Waals surface area contributed by atoms with Gasteiger partial charge in [0.25, 0.3) is 0 Å². The van der Waals surface area contributed by atoms with Gasteiger partial charge in [0.15, 0.2) is 0 Å². The van der Waals surface area contributed by atoms with Crippen molar-refractivity contribution >= 4 is 59.7 Å². The minimum absolute atomic E-state index is 0. The first-order valence-electron chi connectivity index (χ1n) is 45.0. The molecule has 0 fully saturated rings. The molecule has 730 valence electrons. The topological polar surface area (TPSA) is 263 Å². The Morgan fingerprint density at radius 3 is 0.882 bits per heavy atom. The van der Waals surface area contributed by atoms with Crippen molar-refractivity contribution in [1.82, 2.24) is 0 Å². The van der Waals surface area contributed by atoms with Gasteiger partial charge >= 0.3 is 59.7 Å². The van der Waals surface area contributed by atoms with Crippen LogP contribution in [0.1, 0.15) is 370 Å². The van der Waals surface area contributed by atoms with Crippen LogP contribution in [-0.4, -0.2) is 126 Å². The minimum Gasteiger partial charge on any atom is -0.462 e. The molecule has 0 radical (unpaired) electrons. The van der Waals surface area contributed by atoms with Gasteiger partial charge in [-0.15, -0.1) is 12.5 Å². The minimum atomic E-state index is -0.494. The van der Waals surface area contributed by atoms with Gasteiger partial charge in [0.2, 0.25) is 0 Å². The van der Waals surface area contributed by atoms with Crippen molar-refractivity contribution in [2.24, 2.45) is 5.92 Å². The molecule has 0 saturated heterocycles. The molecule has 0 aromatic heterocycles. The van der Waals surface area contributed by atoms with Crippen LogP contribution in [0.5, 0.6) is 0 Å². The maximum Gasteiger partial charge on any atom is 0.333 e. The monoisotopic (exact) mass is 1790 g/mol. The zero-order chi connectivity index (χ0) is 92.0. The summed E-state index contributed by atoms with van der Waals surface area (Å²) in [6.07, 6.45) is 75.8. The zero-order valence-electron chi connectivity index (χ0n) is 77.4. The van der Waals surface area contributed by atoms with Gasteiger partial charge in [0, 0.05) is 59.1 Å². The molecule has 0 aromatic carbocycles. The van der Waals surface area contributed by atoms with Crippen LogP contribution in [0.2, 0.25) is 0 Å². The summed E-state index contributed by atoms with van der Waals surface area (Å²) in [7, 11) is 0. The van der Waals surface area contributed by atoms with E-state index in [1.807, 2.05) is 0 Å². The Morgan fingerprint density at radius 2 is 0.551 bits per heavy atom. The molecule has 0 aliphatic rings. The van der Waals surface area contributed by atoms with E-state index in [0.29, 0.717) is 47.1 Å². The van der Waals surface area contributed by atoms with Crippen molar-refractivity contribution in [3.05, 3.63) is 171 Å². The highest BCUT2D eigenvalue weighted by Crippen LogP contribution is 2.15. The Kier molecular flexibility index (Phi) is 118. The summed E-state index contributed by atoms with van der Waals surface area (Å²) in [5.41, 5.74) is 2.57. The van der Waals surface area contributed by atoms with Gasteiger partial charge < -0.3 is 47.4 Å². The lowest BCUT2D eigenvalue weighted by molar-refractivity contribution is -0.150. The molecule has 127 heavy (non-hydrogen) atoms. The van der Waals surface area contributed by atoms with Crippen molar-refractivity contribution in [3.8, 4) is 11.8 Å². The van der Waals surface area contributed by atoms with Gasteiger partial charge in [-0.2, -0.15) is 0 Å². The van der Waals surface area contributed by atoms with Gasteiger partial charge in [-0.1, -0.05) is 316 Å². The second-order valence-electron chi connectivity index (χ2n) is 29.5. The summed E-state index contributed by atoms with van der Waals surface area (Å²) >= 11 is 0. The second kappa shape index (κ2) is 109. The summed E-state index contributed by atoms with van der Waals surface area (Å²) in [5.74, 6) is 1.45. The van der Waals surface area contributed by atoms with Crippen LogP contribution in [0.4, 0.5) is 0 Å². The number of unbranched alkanes of at least 4 members (excludes halogenated alkanes) is 27. The number of allylic oxidation sites excluding steroid dienone is 15. The van der Waals surface area contributed by atoms with E-state index < -0.39 is 41.8 Å². The first-order chi connectivity index (χ1) is 58.7. The third-order valence-corrected chi connectivity index (χ3v) is 17.2. The molecule has 0 bridgehead atoms. The molecule has 0 saturated carbocycles. The molecule has 0 N–H and O–H groups in total. The number of carbonyl (C=O) groups excluding carboxylic acids is 10. The number of ether oxygens (including phenoxy) is 10. The highest BCUT2D eigenvalue weighted by Gasteiger charge is 2.13. The van der Waals surface area contributed by atoms with Gasteiger partial charge in [-0.25, -0.2) is 28.8 Å². The lowest BCUT2D eigenvalue weighted by Crippen LogP contribution is -2.15. The second-order valence-corrected chi connectivity index (χ2v) is 29.5. The molecule has 20 nitrogen and oxygen atoms in total. The van der Waals surface area contributed by atoms with Crippen LogP contribution in [0, 0.1) is 17.8 Å². The highest BCUT2D eigenvalue weighted by molar-refractivity contribution is 5.89. The van der Waals surface area contributed by atoms with E-state index in [0.717, 1.165) is 128 Å². The number of esters is 10. The van der Waals surface area contributed by atoms with Crippen molar-refractivity contribution in [3.63, 3.8) is 0 Å². The smallest absolute Gasteiger partial charge is 0.333 e. The standard InChI is InChI=1S/C24H42O4.C24H40O4.C24H38O4.C16H24O4.C14H18O4.5CH4/c3*1-4-5-6-7-8-9-10-11-12-13-14-15-16-17-18-19-23(25)27-20-21-28-24(26)22(2)3;1-5-6-7-8-14(4)9-10-15(17)19-11-12-20-16(18)13(2)3;1-5-7-12(6-2)10-13(15)17-8-9-18-14(16)11(3)4;;;;;/h11-12H,2,4-10,13-21H2,1,3H3;8-9,11-12H,2,4-7,10,13-21H2,1,3H3;5-8,11-12H,2,4,9-10,13-21H2,1,3H3;9-10H,2,4-8,11-12H2,1,3H3;6,12H,2-3,8-10H2,1,4H3;5*1H4/b12-11+;9-8+,12-11+;6-5-,8-7-,12-11+;10-9+;;;;;;. The molecule has 1 atom stereocenters. The predicted molar refractivity (Wildman–Crippen MR) is 530 cm³/mol.